The number of halogens is 1. The van der Waals surface area contributed by atoms with E-state index < -0.39 is 11.6 Å². The van der Waals surface area contributed by atoms with Gasteiger partial charge < -0.3 is 20.5 Å². The Morgan fingerprint density at radius 3 is 2.85 bits per heavy atom. The van der Waals surface area contributed by atoms with Crippen LogP contribution in [-0.2, 0) is 16.8 Å². The Morgan fingerprint density at radius 2 is 2.15 bits per heavy atom. The number of rotatable bonds is 2. The Balaban J connectivity index is 1.61. The number of fused-ring (bicyclic) bond motifs is 2. The number of anilines is 2. The molecule has 0 unspecified atom stereocenters. The van der Waals surface area contributed by atoms with Crippen molar-refractivity contribution in [3.63, 3.8) is 0 Å². The monoisotopic (exact) mass is 394 g/mol. The highest BCUT2D eigenvalue weighted by molar-refractivity contribution is 7.14. The number of carboxylic acid groups (broad SMARTS) is 1. The van der Waals surface area contributed by atoms with Crippen LogP contribution in [0.1, 0.15) is 38.6 Å². The van der Waals surface area contributed by atoms with Crippen molar-refractivity contribution in [1.29, 1.82) is 0 Å². The van der Waals surface area contributed by atoms with Crippen molar-refractivity contribution >= 4 is 40.7 Å². The lowest BCUT2D eigenvalue weighted by atomic mass is 9.82. The maximum atomic E-state index is 11.3. The van der Waals surface area contributed by atoms with Gasteiger partial charge in [0.25, 0.3) is 0 Å². The number of aromatic nitrogens is 2. The van der Waals surface area contributed by atoms with Gasteiger partial charge in [0.2, 0.25) is 5.95 Å². The standard InChI is InChI=1S/C17H19ClN4O3S/c1-9-13(18)14(21-16(19)20-9)22-5-3-17(4-6-22)10-8-12(15(23)24)26-11(10)2-7-25-17/h8H,2-7H2,1H3,(H,23,24)(H2,19,20,21). The van der Waals surface area contributed by atoms with E-state index >= 15 is 0 Å². The molecule has 0 aliphatic carbocycles. The molecule has 1 fully saturated rings. The fraction of sp³-hybridized carbons (Fsp3) is 0.471. The molecular weight excluding hydrogens is 376 g/mol. The molecular formula is C17H19ClN4O3S. The first-order chi connectivity index (χ1) is 12.4. The lowest BCUT2D eigenvalue weighted by Gasteiger charge is -2.44. The number of aromatic carboxylic acids is 1. The van der Waals surface area contributed by atoms with Crippen molar-refractivity contribution in [3.05, 3.63) is 32.1 Å². The van der Waals surface area contributed by atoms with Crippen molar-refractivity contribution in [1.82, 2.24) is 9.97 Å². The van der Waals surface area contributed by atoms with Crippen LogP contribution in [0.25, 0.3) is 0 Å². The van der Waals surface area contributed by atoms with E-state index in [1.807, 2.05) is 6.92 Å². The van der Waals surface area contributed by atoms with Crippen molar-refractivity contribution in [2.75, 3.05) is 30.3 Å². The zero-order valence-electron chi connectivity index (χ0n) is 14.3. The van der Waals surface area contributed by atoms with E-state index in [1.165, 1.54) is 11.3 Å². The van der Waals surface area contributed by atoms with E-state index in [4.69, 9.17) is 22.1 Å². The minimum absolute atomic E-state index is 0.210. The zero-order valence-corrected chi connectivity index (χ0v) is 15.9. The number of thiophene rings is 1. The molecule has 1 saturated heterocycles. The van der Waals surface area contributed by atoms with E-state index in [0.29, 0.717) is 41.1 Å². The summed E-state index contributed by atoms with van der Waals surface area (Å²) in [7, 11) is 0. The largest absolute Gasteiger partial charge is 0.477 e. The third-order valence-electron chi connectivity index (χ3n) is 5.11. The summed E-state index contributed by atoms with van der Waals surface area (Å²) in [5.74, 6) is -0.0166. The van der Waals surface area contributed by atoms with Gasteiger partial charge in [-0.1, -0.05) is 11.6 Å². The number of hydrogen-bond donors (Lipinski definition) is 2. The Morgan fingerprint density at radius 1 is 1.42 bits per heavy atom. The van der Waals surface area contributed by atoms with Crippen LogP contribution in [0.3, 0.4) is 0 Å². The number of carbonyl (C=O) groups is 1. The molecule has 1 spiro atoms. The van der Waals surface area contributed by atoms with E-state index in [-0.39, 0.29) is 5.95 Å². The number of carboxylic acids is 1. The van der Waals surface area contributed by atoms with Gasteiger partial charge in [-0.05, 0) is 31.4 Å². The predicted molar refractivity (Wildman–Crippen MR) is 100 cm³/mol. The van der Waals surface area contributed by atoms with Crippen molar-refractivity contribution < 1.29 is 14.6 Å². The van der Waals surface area contributed by atoms with Crippen LogP contribution >= 0.6 is 22.9 Å². The molecule has 0 saturated carbocycles. The smallest absolute Gasteiger partial charge is 0.345 e. The van der Waals surface area contributed by atoms with Gasteiger partial charge in [0.05, 0.1) is 17.9 Å². The van der Waals surface area contributed by atoms with Crippen LogP contribution in [-0.4, -0.2) is 40.7 Å². The number of nitrogens with zero attached hydrogens (tertiary/aromatic N) is 3. The van der Waals surface area contributed by atoms with Crippen LogP contribution in [0.4, 0.5) is 11.8 Å². The molecule has 0 radical (unpaired) electrons. The van der Waals surface area contributed by atoms with Gasteiger partial charge >= 0.3 is 5.97 Å². The molecule has 2 aliphatic rings. The third-order valence-corrected chi connectivity index (χ3v) is 6.73. The maximum absolute atomic E-state index is 11.3. The Kier molecular flexibility index (Phi) is 4.29. The SMILES string of the molecule is Cc1nc(N)nc(N2CCC3(CC2)OCCc2sc(C(=O)O)cc23)c1Cl. The lowest BCUT2D eigenvalue weighted by Crippen LogP contribution is -2.46. The summed E-state index contributed by atoms with van der Waals surface area (Å²) in [5.41, 5.74) is 7.06. The molecule has 4 heterocycles. The summed E-state index contributed by atoms with van der Waals surface area (Å²) in [4.78, 5) is 23.3. The molecule has 0 bridgehead atoms. The van der Waals surface area contributed by atoms with Crippen molar-refractivity contribution in [2.45, 2.75) is 31.8 Å². The van der Waals surface area contributed by atoms with Crippen LogP contribution in [0.5, 0.6) is 0 Å². The highest BCUT2D eigenvalue weighted by Gasteiger charge is 2.43. The average Bonchev–Trinajstić information content (AvgIpc) is 3.05. The van der Waals surface area contributed by atoms with E-state index in [2.05, 4.69) is 14.9 Å². The highest BCUT2D eigenvalue weighted by Crippen LogP contribution is 2.45. The molecule has 3 N–H and O–H groups in total. The highest BCUT2D eigenvalue weighted by atomic mass is 35.5. The van der Waals surface area contributed by atoms with E-state index in [1.54, 1.807) is 6.07 Å². The minimum Gasteiger partial charge on any atom is -0.477 e. The second-order valence-electron chi connectivity index (χ2n) is 6.64. The quantitative estimate of drug-likeness (QED) is 0.807. The second kappa shape index (κ2) is 6.37. The normalized spacial score (nSPS) is 18.8. The van der Waals surface area contributed by atoms with Gasteiger partial charge in [-0.3, -0.25) is 0 Å². The average molecular weight is 395 g/mol. The number of piperidine rings is 1. The molecule has 7 nitrogen and oxygen atoms in total. The predicted octanol–water partition coefficient (Wildman–Crippen LogP) is 2.85. The first-order valence-electron chi connectivity index (χ1n) is 8.44. The maximum Gasteiger partial charge on any atom is 0.345 e. The van der Waals surface area contributed by atoms with Gasteiger partial charge in [-0.25, -0.2) is 9.78 Å². The summed E-state index contributed by atoms with van der Waals surface area (Å²) in [6.07, 6.45) is 2.26. The zero-order chi connectivity index (χ0) is 18.5. The molecule has 9 heteroatoms. The minimum atomic E-state index is -0.879. The van der Waals surface area contributed by atoms with Crippen LogP contribution in [0.2, 0.25) is 5.02 Å². The van der Waals surface area contributed by atoms with Crippen LogP contribution in [0.15, 0.2) is 6.07 Å². The van der Waals surface area contributed by atoms with Crippen molar-refractivity contribution in [3.8, 4) is 0 Å². The number of nitrogens with two attached hydrogens (primary N) is 1. The molecule has 138 valence electrons. The number of aryl methyl sites for hydroxylation is 1. The Bertz CT molecular complexity index is 877. The van der Waals surface area contributed by atoms with Crippen LogP contribution < -0.4 is 10.6 Å². The number of ether oxygens (including phenoxy) is 1. The van der Waals surface area contributed by atoms with Gasteiger partial charge in [0, 0.05) is 24.4 Å². The molecule has 26 heavy (non-hydrogen) atoms. The third kappa shape index (κ3) is 2.82. The Hall–Kier alpha value is -1.90. The number of nitrogen functional groups attached to an aromatic ring is 1. The summed E-state index contributed by atoms with van der Waals surface area (Å²) in [5, 5.41) is 9.83. The molecule has 4 rings (SSSR count). The summed E-state index contributed by atoms with van der Waals surface area (Å²) < 4.78 is 6.18. The summed E-state index contributed by atoms with van der Waals surface area (Å²) in [6.45, 7) is 3.83. The van der Waals surface area contributed by atoms with Gasteiger partial charge in [0.1, 0.15) is 9.90 Å². The first-order valence-corrected chi connectivity index (χ1v) is 9.64. The molecule has 0 aromatic carbocycles. The lowest BCUT2D eigenvalue weighted by molar-refractivity contribution is -0.0757. The first kappa shape index (κ1) is 17.5. The molecule has 2 aromatic heterocycles. The van der Waals surface area contributed by atoms with Crippen molar-refractivity contribution in [2.24, 2.45) is 0 Å². The molecule has 0 amide bonds. The summed E-state index contributed by atoms with van der Waals surface area (Å²) >= 11 is 7.74. The topological polar surface area (TPSA) is 102 Å². The van der Waals surface area contributed by atoms with Gasteiger partial charge in [-0.15, -0.1) is 11.3 Å². The summed E-state index contributed by atoms with van der Waals surface area (Å²) in [6, 6.07) is 1.79. The second-order valence-corrected chi connectivity index (χ2v) is 8.15. The van der Waals surface area contributed by atoms with Gasteiger partial charge in [-0.2, -0.15) is 4.98 Å². The van der Waals surface area contributed by atoms with Gasteiger partial charge in [0.15, 0.2) is 5.82 Å². The molecule has 2 aromatic rings. The Labute approximate surface area is 159 Å². The fourth-order valence-electron chi connectivity index (χ4n) is 3.79. The number of hydrogen-bond acceptors (Lipinski definition) is 7. The van der Waals surface area contributed by atoms with E-state index in [9.17, 15) is 9.90 Å². The fourth-order valence-corrected chi connectivity index (χ4v) is 5.06. The molecule has 2 aliphatic heterocycles. The van der Waals surface area contributed by atoms with Crippen LogP contribution in [0, 0.1) is 6.92 Å². The molecule has 0 atom stereocenters. The van der Waals surface area contributed by atoms with E-state index in [0.717, 1.165) is 29.7 Å².